The van der Waals surface area contributed by atoms with Crippen LogP contribution in [0.5, 0.6) is 0 Å². The molecule has 3 rings (SSSR count). The SMILES string of the molecule is O=C(Nc1ccc(Br)c(Cl)c1)c1cc(S(=O)(=O)N2CCCCCC2)ccc1Cl. The second kappa shape index (κ2) is 9.13. The number of nitrogens with one attached hydrogen (secondary N) is 1. The first-order chi connectivity index (χ1) is 13.3. The third kappa shape index (κ3) is 4.89. The van der Waals surface area contributed by atoms with Gasteiger partial charge in [-0.1, -0.05) is 36.0 Å². The number of benzene rings is 2. The third-order valence-corrected chi connectivity index (χ3v) is 8.02. The Labute approximate surface area is 183 Å². The largest absolute Gasteiger partial charge is 0.322 e. The van der Waals surface area contributed by atoms with Gasteiger partial charge in [-0.15, -0.1) is 0 Å². The van der Waals surface area contributed by atoms with Crippen molar-refractivity contribution in [1.29, 1.82) is 0 Å². The van der Waals surface area contributed by atoms with E-state index in [0.717, 1.165) is 25.7 Å². The smallest absolute Gasteiger partial charge is 0.257 e. The van der Waals surface area contributed by atoms with Crippen LogP contribution in [-0.4, -0.2) is 31.7 Å². The Morgan fingerprint density at radius 2 is 1.64 bits per heavy atom. The van der Waals surface area contributed by atoms with Crippen molar-refractivity contribution in [3.63, 3.8) is 0 Å². The maximum atomic E-state index is 13.0. The summed E-state index contributed by atoms with van der Waals surface area (Å²) in [5, 5.41) is 3.32. The van der Waals surface area contributed by atoms with Gasteiger partial charge in [-0.05, 0) is 65.2 Å². The summed E-state index contributed by atoms with van der Waals surface area (Å²) >= 11 is 15.5. The van der Waals surface area contributed by atoms with E-state index in [-0.39, 0.29) is 15.5 Å². The van der Waals surface area contributed by atoms with E-state index in [4.69, 9.17) is 23.2 Å². The monoisotopic (exact) mass is 504 g/mol. The summed E-state index contributed by atoms with van der Waals surface area (Å²) in [7, 11) is -3.68. The van der Waals surface area contributed by atoms with Crippen LogP contribution in [0.1, 0.15) is 36.0 Å². The summed E-state index contributed by atoms with van der Waals surface area (Å²) < 4.78 is 28.2. The Bertz CT molecular complexity index is 991. The van der Waals surface area contributed by atoms with Crippen LogP contribution < -0.4 is 5.32 Å². The number of carbonyl (C=O) groups excluding carboxylic acids is 1. The van der Waals surface area contributed by atoms with Gasteiger partial charge in [-0.25, -0.2) is 8.42 Å². The first kappa shape index (κ1) is 21.6. The van der Waals surface area contributed by atoms with Gasteiger partial charge in [-0.2, -0.15) is 4.31 Å². The summed E-state index contributed by atoms with van der Waals surface area (Å²) in [6, 6.07) is 9.19. The maximum absolute atomic E-state index is 13.0. The van der Waals surface area contributed by atoms with Crippen LogP contribution in [0.2, 0.25) is 10.0 Å². The molecule has 1 N–H and O–H groups in total. The molecule has 0 saturated carbocycles. The minimum atomic E-state index is -3.68. The molecular formula is C19H19BrCl2N2O3S. The predicted octanol–water partition coefficient (Wildman–Crippen LogP) is 5.57. The predicted molar refractivity (Wildman–Crippen MR) is 116 cm³/mol. The van der Waals surface area contributed by atoms with Crippen LogP contribution in [0.15, 0.2) is 45.8 Å². The quantitative estimate of drug-likeness (QED) is 0.590. The van der Waals surface area contributed by atoms with E-state index >= 15 is 0 Å². The number of rotatable bonds is 4. The first-order valence-electron chi connectivity index (χ1n) is 8.85. The van der Waals surface area contributed by atoms with Crippen molar-refractivity contribution in [1.82, 2.24) is 4.31 Å². The summed E-state index contributed by atoms with van der Waals surface area (Å²) in [5.41, 5.74) is 0.576. The van der Waals surface area contributed by atoms with Gasteiger partial charge in [0.15, 0.2) is 0 Å². The molecule has 0 atom stereocenters. The highest BCUT2D eigenvalue weighted by Crippen LogP contribution is 2.28. The van der Waals surface area contributed by atoms with Gasteiger partial charge in [0.05, 0.1) is 20.5 Å². The minimum Gasteiger partial charge on any atom is -0.322 e. The van der Waals surface area contributed by atoms with Crippen molar-refractivity contribution in [2.75, 3.05) is 18.4 Å². The Balaban J connectivity index is 1.88. The summed E-state index contributed by atoms with van der Waals surface area (Å²) in [6.45, 7) is 0.980. The number of anilines is 1. The standard InChI is InChI=1S/C19H19BrCl2N2O3S/c20-16-7-5-13(11-18(16)22)23-19(25)15-12-14(6-8-17(15)21)28(26,27)24-9-3-1-2-4-10-24/h5-8,11-12H,1-4,9-10H2,(H,23,25). The zero-order chi connectivity index (χ0) is 20.3. The molecule has 28 heavy (non-hydrogen) atoms. The molecule has 1 aliphatic heterocycles. The lowest BCUT2D eigenvalue weighted by atomic mass is 10.2. The number of hydrogen-bond acceptors (Lipinski definition) is 3. The molecule has 0 unspecified atom stereocenters. The van der Waals surface area contributed by atoms with E-state index in [1.807, 2.05) is 0 Å². The molecule has 0 radical (unpaired) electrons. The first-order valence-corrected chi connectivity index (χ1v) is 11.8. The lowest BCUT2D eigenvalue weighted by molar-refractivity contribution is 0.102. The van der Waals surface area contributed by atoms with Crippen molar-refractivity contribution in [3.8, 4) is 0 Å². The Kier molecular flexibility index (Phi) is 7.04. The summed E-state index contributed by atoms with van der Waals surface area (Å²) in [6.07, 6.45) is 3.72. The van der Waals surface area contributed by atoms with Gasteiger partial charge in [0.2, 0.25) is 10.0 Å². The highest BCUT2D eigenvalue weighted by atomic mass is 79.9. The van der Waals surface area contributed by atoms with Gasteiger partial charge in [-0.3, -0.25) is 4.79 Å². The summed E-state index contributed by atoms with van der Waals surface area (Å²) in [5.74, 6) is -0.503. The Hall–Kier alpha value is -1.12. The van der Waals surface area contributed by atoms with Gasteiger partial charge in [0.25, 0.3) is 5.91 Å². The highest BCUT2D eigenvalue weighted by molar-refractivity contribution is 9.10. The third-order valence-electron chi connectivity index (χ3n) is 4.56. The van der Waals surface area contributed by atoms with Crippen LogP contribution in [-0.2, 0) is 10.0 Å². The molecule has 1 heterocycles. The van der Waals surface area contributed by atoms with Crippen molar-refractivity contribution in [2.24, 2.45) is 0 Å². The molecule has 0 aliphatic carbocycles. The minimum absolute atomic E-state index is 0.0674. The number of sulfonamides is 1. The molecule has 1 amide bonds. The zero-order valence-corrected chi connectivity index (χ0v) is 18.8. The van der Waals surface area contributed by atoms with E-state index in [2.05, 4.69) is 21.2 Å². The number of halogens is 3. The fourth-order valence-electron chi connectivity index (χ4n) is 3.04. The molecule has 1 aliphatic rings. The van der Waals surface area contributed by atoms with E-state index in [0.29, 0.717) is 28.3 Å². The van der Waals surface area contributed by atoms with Crippen LogP contribution in [0.3, 0.4) is 0 Å². The Morgan fingerprint density at radius 3 is 2.29 bits per heavy atom. The van der Waals surface area contributed by atoms with Gasteiger partial charge < -0.3 is 5.32 Å². The topological polar surface area (TPSA) is 66.5 Å². The zero-order valence-electron chi connectivity index (χ0n) is 14.9. The number of amides is 1. The fraction of sp³-hybridized carbons (Fsp3) is 0.316. The normalized spacial score (nSPS) is 15.8. The lowest BCUT2D eigenvalue weighted by Gasteiger charge is -2.20. The molecule has 2 aromatic rings. The van der Waals surface area contributed by atoms with Crippen LogP contribution in [0.4, 0.5) is 5.69 Å². The molecule has 9 heteroatoms. The van der Waals surface area contributed by atoms with Crippen LogP contribution >= 0.6 is 39.1 Å². The average Bonchev–Trinajstić information content (AvgIpc) is 2.95. The molecule has 0 bridgehead atoms. The molecule has 0 aromatic heterocycles. The van der Waals surface area contributed by atoms with Gasteiger partial charge in [0, 0.05) is 23.2 Å². The lowest BCUT2D eigenvalue weighted by Crippen LogP contribution is -2.32. The molecule has 0 spiro atoms. The van der Waals surface area contributed by atoms with E-state index in [1.54, 1.807) is 18.2 Å². The van der Waals surface area contributed by atoms with Crippen molar-refractivity contribution in [3.05, 3.63) is 56.5 Å². The molecule has 1 fully saturated rings. The number of nitrogens with zero attached hydrogens (tertiary/aromatic N) is 1. The van der Waals surface area contributed by atoms with Crippen molar-refractivity contribution >= 4 is 60.7 Å². The molecule has 5 nitrogen and oxygen atoms in total. The molecule has 150 valence electrons. The van der Waals surface area contributed by atoms with Crippen LogP contribution in [0.25, 0.3) is 0 Å². The van der Waals surface area contributed by atoms with E-state index in [9.17, 15) is 13.2 Å². The highest BCUT2D eigenvalue weighted by Gasteiger charge is 2.26. The van der Waals surface area contributed by atoms with Crippen molar-refractivity contribution < 1.29 is 13.2 Å². The molecule has 1 saturated heterocycles. The molecule has 2 aromatic carbocycles. The summed E-state index contributed by atoms with van der Waals surface area (Å²) in [4.78, 5) is 12.8. The second-order valence-electron chi connectivity index (χ2n) is 6.54. The van der Waals surface area contributed by atoms with Gasteiger partial charge in [0.1, 0.15) is 0 Å². The van der Waals surface area contributed by atoms with Gasteiger partial charge >= 0.3 is 0 Å². The van der Waals surface area contributed by atoms with E-state index < -0.39 is 15.9 Å². The second-order valence-corrected chi connectivity index (χ2v) is 10.1. The fourth-order valence-corrected chi connectivity index (χ4v) is 5.22. The molecular weight excluding hydrogens is 487 g/mol. The number of carbonyl (C=O) groups is 1. The number of hydrogen-bond donors (Lipinski definition) is 1. The maximum Gasteiger partial charge on any atom is 0.257 e. The van der Waals surface area contributed by atoms with E-state index in [1.165, 1.54) is 22.5 Å². The Morgan fingerprint density at radius 1 is 0.964 bits per heavy atom. The van der Waals surface area contributed by atoms with Crippen molar-refractivity contribution in [2.45, 2.75) is 30.6 Å². The average molecular weight is 506 g/mol. The van der Waals surface area contributed by atoms with Crippen LogP contribution in [0, 0.1) is 0 Å².